The van der Waals surface area contributed by atoms with E-state index >= 15 is 0 Å². The third kappa shape index (κ3) is 3.84. The average Bonchev–Trinajstić information content (AvgIpc) is 2.81. The first-order valence-corrected chi connectivity index (χ1v) is 8.95. The van der Waals surface area contributed by atoms with Crippen molar-refractivity contribution in [1.29, 1.82) is 0 Å². The van der Waals surface area contributed by atoms with Crippen molar-refractivity contribution in [2.45, 2.75) is 51.4 Å². The molecule has 1 aliphatic heterocycles. The minimum Gasteiger partial charge on any atom is -0.480 e. The minimum atomic E-state index is -1.05. The molecule has 6 nitrogen and oxygen atoms in total. The summed E-state index contributed by atoms with van der Waals surface area (Å²) in [5.41, 5.74) is 0.0171. The maximum Gasteiger partial charge on any atom is 0.495 e. The van der Waals surface area contributed by atoms with Gasteiger partial charge in [-0.1, -0.05) is 30.3 Å². The topological polar surface area (TPSA) is 77.8 Å². The highest BCUT2D eigenvalue weighted by molar-refractivity contribution is 6.62. The van der Waals surface area contributed by atoms with Gasteiger partial charge in [0.15, 0.2) is 0 Å². The molecular formula is C20H24BNO5. The number of aromatic nitrogens is 1. The van der Waals surface area contributed by atoms with Crippen LogP contribution < -0.4 is 11.0 Å². The number of pyridine rings is 1. The number of rotatable bonds is 5. The summed E-state index contributed by atoms with van der Waals surface area (Å²) < 4.78 is 13.2. The molecule has 0 radical (unpaired) electrons. The zero-order valence-corrected chi connectivity index (χ0v) is 16.0. The summed E-state index contributed by atoms with van der Waals surface area (Å²) in [6.45, 7) is 7.76. The lowest BCUT2D eigenvalue weighted by atomic mass is 9.80. The number of benzene rings is 1. The number of carboxylic acids is 1. The quantitative estimate of drug-likeness (QED) is 0.816. The number of hydrogen-bond donors (Lipinski definition) is 1. The van der Waals surface area contributed by atoms with Crippen molar-refractivity contribution in [3.05, 3.63) is 64.6 Å². The number of carboxylic acid groups (broad SMARTS) is 1. The summed E-state index contributed by atoms with van der Waals surface area (Å²) in [5.74, 6) is -1.05. The summed E-state index contributed by atoms with van der Waals surface area (Å²) >= 11 is 0. The molecule has 27 heavy (non-hydrogen) atoms. The Labute approximate surface area is 158 Å². The average molecular weight is 369 g/mol. The second kappa shape index (κ2) is 6.98. The Morgan fingerprint density at radius 2 is 1.70 bits per heavy atom. The molecule has 1 N–H and O–H groups in total. The maximum absolute atomic E-state index is 12.6. The monoisotopic (exact) mass is 369 g/mol. The summed E-state index contributed by atoms with van der Waals surface area (Å²) in [7, 11) is -0.658. The molecule has 0 bridgehead atoms. The van der Waals surface area contributed by atoms with Crippen LogP contribution in [0, 0.1) is 0 Å². The molecule has 2 aromatic rings. The first kappa shape index (κ1) is 19.4. The smallest absolute Gasteiger partial charge is 0.480 e. The van der Waals surface area contributed by atoms with E-state index in [1.165, 1.54) is 16.8 Å². The SMILES string of the molecule is CC1(C)OB(c2ccn([C@@H](Cc3ccccc3)C(=O)O)c(=O)c2)OC1(C)C. The molecule has 3 rings (SSSR count). The van der Waals surface area contributed by atoms with Gasteiger partial charge in [0, 0.05) is 18.7 Å². The van der Waals surface area contributed by atoms with Gasteiger partial charge in [0.1, 0.15) is 6.04 Å². The van der Waals surface area contributed by atoms with Gasteiger partial charge < -0.3 is 19.0 Å². The molecule has 142 valence electrons. The predicted octanol–water partition coefficient (Wildman–Crippen LogP) is 2.02. The predicted molar refractivity (Wildman–Crippen MR) is 103 cm³/mol. The van der Waals surface area contributed by atoms with Gasteiger partial charge in [0.05, 0.1) is 11.2 Å². The zero-order chi connectivity index (χ0) is 19.8. The molecule has 1 fully saturated rings. The van der Waals surface area contributed by atoms with Crippen LogP contribution in [0.5, 0.6) is 0 Å². The largest absolute Gasteiger partial charge is 0.495 e. The lowest BCUT2D eigenvalue weighted by Gasteiger charge is -2.32. The fraction of sp³-hybridized carbons (Fsp3) is 0.400. The van der Waals surface area contributed by atoms with Crippen LogP contribution in [-0.4, -0.2) is 34.0 Å². The molecule has 0 amide bonds. The summed E-state index contributed by atoms with van der Waals surface area (Å²) in [6, 6.07) is 11.3. The number of hydrogen-bond acceptors (Lipinski definition) is 4. The Morgan fingerprint density at radius 3 is 2.22 bits per heavy atom. The lowest BCUT2D eigenvalue weighted by molar-refractivity contribution is -0.141. The van der Waals surface area contributed by atoms with E-state index in [1.807, 2.05) is 58.0 Å². The van der Waals surface area contributed by atoms with Crippen molar-refractivity contribution in [3.63, 3.8) is 0 Å². The lowest BCUT2D eigenvalue weighted by Crippen LogP contribution is -2.41. The van der Waals surface area contributed by atoms with E-state index in [1.54, 1.807) is 6.07 Å². The molecule has 2 heterocycles. The first-order chi connectivity index (χ1) is 12.6. The normalized spacial score (nSPS) is 19.0. The van der Waals surface area contributed by atoms with E-state index in [0.717, 1.165) is 5.56 Å². The van der Waals surface area contributed by atoms with Gasteiger partial charge >= 0.3 is 13.1 Å². The van der Waals surface area contributed by atoms with Crippen molar-refractivity contribution in [2.24, 2.45) is 0 Å². The van der Waals surface area contributed by atoms with E-state index in [2.05, 4.69) is 0 Å². The van der Waals surface area contributed by atoms with Crippen molar-refractivity contribution in [3.8, 4) is 0 Å². The van der Waals surface area contributed by atoms with Crippen molar-refractivity contribution >= 4 is 18.6 Å². The van der Waals surface area contributed by atoms with Crippen LogP contribution >= 0.6 is 0 Å². The van der Waals surface area contributed by atoms with Crippen LogP contribution in [0.1, 0.15) is 39.3 Å². The zero-order valence-electron chi connectivity index (χ0n) is 16.0. The van der Waals surface area contributed by atoms with E-state index in [-0.39, 0.29) is 6.42 Å². The number of carbonyl (C=O) groups is 1. The number of aliphatic carboxylic acids is 1. The van der Waals surface area contributed by atoms with Gasteiger partial charge in [0.25, 0.3) is 5.56 Å². The second-order valence-electron chi connectivity index (χ2n) is 7.84. The van der Waals surface area contributed by atoms with E-state index in [0.29, 0.717) is 5.46 Å². The molecule has 1 saturated heterocycles. The summed E-state index contributed by atoms with van der Waals surface area (Å²) in [4.78, 5) is 24.4. The third-order valence-corrected chi connectivity index (χ3v) is 5.39. The molecule has 0 aliphatic carbocycles. The van der Waals surface area contributed by atoms with Crippen LogP contribution in [0.2, 0.25) is 0 Å². The van der Waals surface area contributed by atoms with Crippen molar-refractivity contribution in [2.75, 3.05) is 0 Å². The molecule has 7 heteroatoms. The Kier molecular flexibility index (Phi) is 5.01. The molecule has 1 aromatic heterocycles. The third-order valence-electron chi connectivity index (χ3n) is 5.39. The van der Waals surface area contributed by atoms with Crippen LogP contribution in [-0.2, 0) is 20.5 Å². The highest BCUT2D eigenvalue weighted by Gasteiger charge is 2.51. The Hall–Kier alpha value is -2.38. The highest BCUT2D eigenvalue weighted by atomic mass is 16.7. The molecular weight excluding hydrogens is 345 g/mol. The first-order valence-electron chi connectivity index (χ1n) is 8.95. The second-order valence-corrected chi connectivity index (χ2v) is 7.84. The summed E-state index contributed by atoms with van der Waals surface area (Å²) in [5, 5.41) is 9.62. The van der Waals surface area contributed by atoms with Gasteiger partial charge in [-0.2, -0.15) is 0 Å². The standard InChI is InChI=1S/C20H24BNO5/c1-19(2)20(3,4)27-21(26-19)15-10-11-22(17(23)13-15)16(18(24)25)12-14-8-6-5-7-9-14/h5-11,13,16H,12H2,1-4H3,(H,24,25)/t16-/m0/s1. The number of nitrogens with zero attached hydrogens (tertiary/aromatic N) is 1. The van der Waals surface area contributed by atoms with Gasteiger partial charge in [-0.15, -0.1) is 0 Å². The van der Waals surface area contributed by atoms with Crippen molar-refractivity contribution < 1.29 is 19.2 Å². The van der Waals surface area contributed by atoms with Gasteiger partial charge in [-0.3, -0.25) is 4.79 Å². The Balaban J connectivity index is 1.88. The van der Waals surface area contributed by atoms with Crippen molar-refractivity contribution in [1.82, 2.24) is 4.57 Å². The van der Waals surface area contributed by atoms with Gasteiger partial charge in [-0.05, 0) is 44.8 Å². The molecule has 0 unspecified atom stereocenters. The fourth-order valence-electron chi connectivity index (χ4n) is 3.03. The van der Waals surface area contributed by atoms with Crippen LogP contribution in [0.25, 0.3) is 0 Å². The maximum atomic E-state index is 12.6. The Morgan fingerprint density at radius 1 is 1.11 bits per heavy atom. The van der Waals surface area contributed by atoms with Gasteiger partial charge in [0.2, 0.25) is 0 Å². The Bertz CT molecular complexity index is 875. The molecule has 0 spiro atoms. The minimum absolute atomic E-state index is 0.228. The van der Waals surface area contributed by atoms with Gasteiger partial charge in [-0.25, -0.2) is 4.79 Å². The fourth-order valence-corrected chi connectivity index (χ4v) is 3.03. The molecule has 1 aliphatic rings. The van der Waals surface area contributed by atoms with E-state index in [9.17, 15) is 14.7 Å². The van der Waals surface area contributed by atoms with Crippen LogP contribution in [0.3, 0.4) is 0 Å². The molecule has 1 atom stereocenters. The van der Waals surface area contributed by atoms with E-state index in [4.69, 9.17) is 9.31 Å². The van der Waals surface area contributed by atoms with Crippen LogP contribution in [0.15, 0.2) is 53.5 Å². The molecule has 1 aromatic carbocycles. The van der Waals surface area contributed by atoms with E-state index < -0.39 is 35.9 Å². The van der Waals surface area contributed by atoms with Crippen LogP contribution in [0.4, 0.5) is 0 Å². The highest BCUT2D eigenvalue weighted by Crippen LogP contribution is 2.36. The molecule has 0 saturated carbocycles. The summed E-state index contributed by atoms with van der Waals surface area (Å²) in [6.07, 6.45) is 1.73.